The normalized spacial score (nSPS) is 15.4. The molecule has 3 rings (SSSR count). The van der Waals surface area contributed by atoms with Gasteiger partial charge >= 0.3 is 12.1 Å². The number of amides is 2. The minimum atomic E-state index is -5.05. The van der Waals surface area contributed by atoms with Crippen molar-refractivity contribution in [3.05, 3.63) is 65.5 Å². The highest BCUT2D eigenvalue weighted by Crippen LogP contribution is 2.24. The van der Waals surface area contributed by atoms with E-state index in [0.29, 0.717) is 37.4 Å². The first-order chi connectivity index (χ1) is 15.2. The number of aryl methyl sites for hydroxylation is 1. The number of carbonyl (C=O) groups is 2. The Labute approximate surface area is 184 Å². The van der Waals surface area contributed by atoms with E-state index < -0.39 is 18.1 Å². The summed E-state index contributed by atoms with van der Waals surface area (Å²) in [4.78, 5) is 27.8. The van der Waals surface area contributed by atoms with E-state index in [4.69, 9.17) is 0 Å². The summed E-state index contributed by atoms with van der Waals surface area (Å²) >= 11 is 0. The predicted molar refractivity (Wildman–Crippen MR) is 113 cm³/mol. The largest absolute Gasteiger partial charge is 0.471 e. The second-order valence-electron chi connectivity index (χ2n) is 7.64. The lowest BCUT2D eigenvalue weighted by molar-refractivity contribution is -0.174. The first-order valence-corrected chi connectivity index (χ1v) is 10.4. The van der Waals surface area contributed by atoms with Gasteiger partial charge in [-0.05, 0) is 29.7 Å². The second-order valence-corrected chi connectivity index (χ2v) is 7.64. The summed E-state index contributed by atoms with van der Waals surface area (Å²) in [5.41, 5.74) is 1.87. The van der Waals surface area contributed by atoms with E-state index in [0.717, 1.165) is 12.0 Å². The molecule has 2 aromatic carbocycles. The van der Waals surface area contributed by atoms with E-state index in [-0.39, 0.29) is 18.1 Å². The lowest BCUT2D eigenvalue weighted by Gasteiger charge is -2.37. The van der Waals surface area contributed by atoms with Crippen LogP contribution in [0.25, 0.3) is 0 Å². The van der Waals surface area contributed by atoms with E-state index >= 15 is 0 Å². The van der Waals surface area contributed by atoms with E-state index in [9.17, 15) is 27.2 Å². The van der Waals surface area contributed by atoms with Crippen LogP contribution in [0.2, 0.25) is 0 Å². The van der Waals surface area contributed by atoms with Gasteiger partial charge in [0.05, 0.1) is 18.2 Å². The second kappa shape index (κ2) is 10.0. The fraction of sp³-hybridized carbons (Fsp3) is 0.391. The molecule has 0 aromatic heterocycles. The summed E-state index contributed by atoms with van der Waals surface area (Å²) < 4.78 is 52.5. The number of alkyl halides is 3. The highest BCUT2D eigenvalue weighted by Gasteiger charge is 2.40. The van der Waals surface area contributed by atoms with Gasteiger partial charge in [0.15, 0.2) is 0 Å². The van der Waals surface area contributed by atoms with E-state index in [1.807, 2.05) is 17.1 Å². The van der Waals surface area contributed by atoms with Gasteiger partial charge in [-0.1, -0.05) is 43.3 Å². The van der Waals surface area contributed by atoms with Crippen LogP contribution < -0.4 is 10.2 Å². The lowest BCUT2D eigenvalue weighted by atomic mass is 10.00. The van der Waals surface area contributed by atoms with Crippen molar-refractivity contribution in [1.29, 1.82) is 0 Å². The molecule has 5 nitrogen and oxygen atoms in total. The maximum atomic E-state index is 14.0. The number of anilines is 1. The SMILES string of the molecule is CCc1ccc(C(CC(=O)N2CCN(c3ccccc3F)CC2)NC(=O)C(F)(F)F)cc1. The number of piperazine rings is 1. The van der Waals surface area contributed by atoms with Gasteiger partial charge in [-0.3, -0.25) is 9.59 Å². The summed E-state index contributed by atoms with van der Waals surface area (Å²) in [5.74, 6) is -2.80. The standard InChI is InChI=1S/C23H25F4N3O2/c1-2-16-7-9-17(10-8-16)19(28-22(32)23(25,26)27)15-21(31)30-13-11-29(12-14-30)20-6-4-3-5-18(20)24/h3-10,19H,2,11-15H2,1H3,(H,28,32). The Hall–Kier alpha value is -3.10. The number of halogens is 4. The molecule has 0 radical (unpaired) electrons. The molecule has 1 N–H and O–H groups in total. The third-order valence-electron chi connectivity index (χ3n) is 5.56. The molecule has 1 fully saturated rings. The first-order valence-electron chi connectivity index (χ1n) is 10.4. The number of hydrogen-bond acceptors (Lipinski definition) is 3. The van der Waals surface area contributed by atoms with Crippen LogP contribution in [-0.2, 0) is 16.0 Å². The van der Waals surface area contributed by atoms with Gasteiger partial charge in [0, 0.05) is 26.2 Å². The molecule has 32 heavy (non-hydrogen) atoms. The Morgan fingerprint density at radius 1 is 1.00 bits per heavy atom. The van der Waals surface area contributed by atoms with Gasteiger partial charge in [0.1, 0.15) is 5.82 Å². The Kier molecular flexibility index (Phi) is 7.37. The Balaban J connectivity index is 1.68. The van der Waals surface area contributed by atoms with Gasteiger partial charge in [0.2, 0.25) is 5.91 Å². The average Bonchev–Trinajstić information content (AvgIpc) is 2.78. The summed E-state index contributed by atoms with van der Waals surface area (Å²) in [5, 5.41) is 1.95. The van der Waals surface area contributed by atoms with Crippen molar-refractivity contribution >= 4 is 17.5 Å². The molecule has 1 unspecified atom stereocenters. The quantitative estimate of drug-likeness (QED) is 0.679. The number of para-hydroxylation sites is 1. The zero-order valence-corrected chi connectivity index (χ0v) is 17.7. The highest BCUT2D eigenvalue weighted by molar-refractivity contribution is 5.83. The molecule has 1 saturated heterocycles. The summed E-state index contributed by atoms with van der Waals surface area (Å²) in [7, 11) is 0. The lowest BCUT2D eigenvalue weighted by Crippen LogP contribution is -2.50. The van der Waals surface area contributed by atoms with Crippen LogP contribution in [0, 0.1) is 5.82 Å². The summed E-state index contributed by atoms with van der Waals surface area (Å²) in [6.07, 6.45) is -4.59. The molecule has 1 heterocycles. The zero-order valence-electron chi connectivity index (χ0n) is 17.7. The number of rotatable bonds is 6. The maximum absolute atomic E-state index is 14.0. The number of carbonyl (C=O) groups excluding carboxylic acids is 2. The molecule has 1 aliphatic rings. The van der Waals surface area contributed by atoms with E-state index in [2.05, 4.69) is 0 Å². The van der Waals surface area contributed by atoms with Crippen LogP contribution in [0.1, 0.15) is 30.5 Å². The van der Waals surface area contributed by atoms with Crippen molar-refractivity contribution in [2.75, 3.05) is 31.1 Å². The van der Waals surface area contributed by atoms with Gasteiger partial charge in [0.25, 0.3) is 0 Å². The van der Waals surface area contributed by atoms with Crippen molar-refractivity contribution < 1.29 is 27.2 Å². The monoisotopic (exact) mass is 451 g/mol. The van der Waals surface area contributed by atoms with Crippen LogP contribution in [0.3, 0.4) is 0 Å². The summed E-state index contributed by atoms with van der Waals surface area (Å²) in [6.45, 7) is 3.36. The number of benzene rings is 2. The summed E-state index contributed by atoms with van der Waals surface area (Å²) in [6, 6.07) is 12.0. The fourth-order valence-electron chi connectivity index (χ4n) is 3.69. The van der Waals surface area contributed by atoms with Gasteiger partial charge in [-0.15, -0.1) is 0 Å². The number of hydrogen-bond donors (Lipinski definition) is 1. The fourth-order valence-corrected chi connectivity index (χ4v) is 3.69. The molecular weight excluding hydrogens is 426 g/mol. The van der Waals surface area contributed by atoms with Crippen molar-refractivity contribution in [3.8, 4) is 0 Å². The third-order valence-corrected chi connectivity index (χ3v) is 5.56. The molecule has 2 amide bonds. The average molecular weight is 451 g/mol. The maximum Gasteiger partial charge on any atom is 0.471 e. The van der Waals surface area contributed by atoms with Crippen LogP contribution in [0.15, 0.2) is 48.5 Å². The molecule has 9 heteroatoms. The molecule has 1 atom stereocenters. The molecule has 0 aliphatic carbocycles. The van der Waals surface area contributed by atoms with Crippen molar-refractivity contribution in [2.24, 2.45) is 0 Å². The van der Waals surface area contributed by atoms with Crippen molar-refractivity contribution in [1.82, 2.24) is 10.2 Å². The van der Waals surface area contributed by atoms with Crippen molar-refractivity contribution in [2.45, 2.75) is 32.0 Å². The van der Waals surface area contributed by atoms with E-state index in [1.165, 1.54) is 11.0 Å². The van der Waals surface area contributed by atoms with Crippen molar-refractivity contribution in [3.63, 3.8) is 0 Å². The molecule has 172 valence electrons. The predicted octanol–water partition coefficient (Wildman–Crippen LogP) is 3.85. The van der Waals surface area contributed by atoms with Crippen LogP contribution in [-0.4, -0.2) is 49.1 Å². The number of nitrogens with zero attached hydrogens (tertiary/aromatic N) is 2. The zero-order chi connectivity index (χ0) is 23.3. The Morgan fingerprint density at radius 2 is 1.62 bits per heavy atom. The molecule has 0 spiro atoms. The third kappa shape index (κ3) is 5.77. The van der Waals surface area contributed by atoms with E-state index in [1.54, 1.807) is 42.5 Å². The molecule has 0 saturated carbocycles. The molecule has 0 bridgehead atoms. The molecular formula is C23H25F4N3O2. The van der Waals surface area contributed by atoms with Crippen LogP contribution >= 0.6 is 0 Å². The Bertz CT molecular complexity index is 939. The topological polar surface area (TPSA) is 52.7 Å². The smallest absolute Gasteiger partial charge is 0.366 e. The first kappa shape index (κ1) is 23.6. The van der Waals surface area contributed by atoms with Gasteiger partial charge in [-0.2, -0.15) is 13.2 Å². The molecule has 1 aliphatic heterocycles. The van der Waals surface area contributed by atoms with Crippen LogP contribution in [0.5, 0.6) is 0 Å². The minimum Gasteiger partial charge on any atom is -0.366 e. The Morgan fingerprint density at radius 3 is 2.19 bits per heavy atom. The number of nitrogens with one attached hydrogen (secondary N) is 1. The van der Waals surface area contributed by atoms with Gasteiger partial charge < -0.3 is 15.1 Å². The van der Waals surface area contributed by atoms with Crippen LogP contribution in [0.4, 0.5) is 23.2 Å². The highest BCUT2D eigenvalue weighted by atomic mass is 19.4. The van der Waals surface area contributed by atoms with Gasteiger partial charge in [-0.25, -0.2) is 4.39 Å². The molecule has 2 aromatic rings. The minimum absolute atomic E-state index is 0.299.